The van der Waals surface area contributed by atoms with E-state index in [4.69, 9.17) is 9.47 Å². The number of ketones is 1. The van der Waals surface area contributed by atoms with Gasteiger partial charge in [-0.15, -0.1) is 0 Å². The van der Waals surface area contributed by atoms with E-state index in [-0.39, 0.29) is 6.61 Å². The number of hydrogen-bond acceptors (Lipinski definition) is 5. The minimum atomic E-state index is -1.44. The summed E-state index contributed by atoms with van der Waals surface area (Å²) in [4.78, 5) is 36.4. The number of benzene rings is 1. The SMILES string of the molecule is CCOC(=O)C(NC(=O)OC(C)(C)C)C(=O)c1ccc(C)cc1. The van der Waals surface area contributed by atoms with Crippen LogP contribution in [0.1, 0.15) is 43.6 Å². The quantitative estimate of drug-likeness (QED) is 0.512. The number of ether oxygens (including phenoxy) is 2. The molecule has 126 valence electrons. The van der Waals surface area contributed by atoms with Crippen molar-refractivity contribution in [1.29, 1.82) is 0 Å². The number of rotatable bonds is 5. The van der Waals surface area contributed by atoms with Crippen LogP contribution in [0.15, 0.2) is 24.3 Å². The van der Waals surface area contributed by atoms with Gasteiger partial charge in [0.25, 0.3) is 0 Å². The van der Waals surface area contributed by atoms with Gasteiger partial charge in [0.1, 0.15) is 5.60 Å². The lowest BCUT2D eigenvalue weighted by Crippen LogP contribution is -2.49. The fraction of sp³-hybridized carbons (Fsp3) is 0.471. The van der Waals surface area contributed by atoms with Crippen molar-refractivity contribution >= 4 is 17.8 Å². The van der Waals surface area contributed by atoms with Crippen LogP contribution in [-0.2, 0) is 14.3 Å². The van der Waals surface area contributed by atoms with Crippen molar-refractivity contribution in [1.82, 2.24) is 5.32 Å². The lowest BCUT2D eigenvalue weighted by molar-refractivity contribution is -0.144. The van der Waals surface area contributed by atoms with Crippen molar-refractivity contribution in [2.75, 3.05) is 6.61 Å². The first-order valence-corrected chi connectivity index (χ1v) is 7.41. The average Bonchev–Trinajstić information content (AvgIpc) is 2.43. The Morgan fingerprint density at radius 1 is 1.13 bits per heavy atom. The Morgan fingerprint density at radius 2 is 1.70 bits per heavy atom. The van der Waals surface area contributed by atoms with Crippen molar-refractivity contribution in [2.45, 2.75) is 46.3 Å². The van der Waals surface area contributed by atoms with Gasteiger partial charge in [0, 0.05) is 5.56 Å². The second-order valence-electron chi connectivity index (χ2n) is 6.06. The highest BCUT2D eigenvalue weighted by Gasteiger charge is 2.32. The topological polar surface area (TPSA) is 81.7 Å². The summed E-state index contributed by atoms with van der Waals surface area (Å²) >= 11 is 0. The van der Waals surface area contributed by atoms with Gasteiger partial charge >= 0.3 is 12.1 Å². The second kappa shape index (κ2) is 7.76. The monoisotopic (exact) mass is 321 g/mol. The van der Waals surface area contributed by atoms with Crippen LogP contribution in [0.5, 0.6) is 0 Å². The number of Topliss-reactive ketones (excluding diaryl/α,β-unsaturated/α-hetero) is 1. The molecule has 1 rings (SSSR count). The molecule has 0 aromatic heterocycles. The van der Waals surface area contributed by atoms with E-state index in [1.54, 1.807) is 52.0 Å². The molecule has 6 heteroatoms. The first-order valence-electron chi connectivity index (χ1n) is 7.41. The Bertz CT molecular complexity index is 572. The number of hydrogen-bond donors (Lipinski definition) is 1. The van der Waals surface area contributed by atoms with E-state index in [0.717, 1.165) is 5.56 Å². The number of aryl methyl sites for hydroxylation is 1. The molecule has 1 aromatic rings. The number of carbonyl (C=O) groups excluding carboxylic acids is 3. The molecule has 0 spiro atoms. The summed E-state index contributed by atoms with van der Waals surface area (Å²) < 4.78 is 9.96. The molecular weight excluding hydrogens is 298 g/mol. The summed E-state index contributed by atoms with van der Waals surface area (Å²) in [5.41, 5.74) is 0.551. The van der Waals surface area contributed by atoms with E-state index in [9.17, 15) is 14.4 Å². The largest absolute Gasteiger partial charge is 0.464 e. The fourth-order valence-electron chi connectivity index (χ4n) is 1.77. The number of nitrogens with one attached hydrogen (secondary N) is 1. The normalized spacial score (nSPS) is 12.2. The molecule has 23 heavy (non-hydrogen) atoms. The molecule has 1 unspecified atom stereocenters. The molecule has 0 fully saturated rings. The molecular formula is C17H23NO5. The van der Waals surface area contributed by atoms with Crippen molar-refractivity contribution in [3.05, 3.63) is 35.4 Å². The predicted octanol–water partition coefficient (Wildman–Crippen LogP) is 2.63. The predicted molar refractivity (Wildman–Crippen MR) is 85.3 cm³/mol. The van der Waals surface area contributed by atoms with Crippen LogP contribution in [0.4, 0.5) is 4.79 Å². The van der Waals surface area contributed by atoms with Crippen LogP contribution < -0.4 is 5.32 Å². The summed E-state index contributed by atoms with van der Waals surface area (Å²) in [5.74, 6) is -1.36. The van der Waals surface area contributed by atoms with E-state index in [0.29, 0.717) is 5.56 Å². The summed E-state index contributed by atoms with van der Waals surface area (Å²) in [6.45, 7) is 8.68. The van der Waals surface area contributed by atoms with Crippen molar-refractivity contribution in [2.24, 2.45) is 0 Å². The van der Waals surface area contributed by atoms with Gasteiger partial charge in [-0.3, -0.25) is 4.79 Å². The standard InChI is InChI=1S/C17H23NO5/c1-6-22-15(20)13(18-16(21)23-17(3,4)5)14(19)12-9-7-11(2)8-10-12/h7-10,13H,6H2,1-5H3,(H,18,21). The minimum absolute atomic E-state index is 0.104. The third-order valence-corrected chi connectivity index (χ3v) is 2.78. The molecule has 0 radical (unpaired) electrons. The van der Waals surface area contributed by atoms with Crippen molar-refractivity contribution in [3.63, 3.8) is 0 Å². The van der Waals surface area contributed by atoms with Crippen LogP contribution in [0.2, 0.25) is 0 Å². The smallest absolute Gasteiger partial charge is 0.408 e. The molecule has 0 aliphatic heterocycles. The first-order chi connectivity index (χ1) is 10.6. The van der Waals surface area contributed by atoms with Gasteiger partial charge in [0.2, 0.25) is 0 Å². The third-order valence-electron chi connectivity index (χ3n) is 2.78. The second-order valence-corrected chi connectivity index (χ2v) is 6.06. The van der Waals surface area contributed by atoms with E-state index in [1.165, 1.54) is 0 Å². The molecule has 1 amide bonds. The minimum Gasteiger partial charge on any atom is -0.464 e. The fourth-order valence-corrected chi connectivity index (χ4v) is 1.77. The van der Waals surface area contributed by atoms with Gasteiger partial charge in [-0.05, 0) is 34.6 Å². The van der Waals surface area contributed by atoms with Crippen LogP contribution >= 0.6 is 0 Å². The van der Waals surface area contributed by atoms with Gasteiger partial charge in [0.15, 0.2) is 11.8 Å². The van der Waals surface area contributed by atoms with E-state index in [1.807, 2.05) is 6.92 Å². The van der Waals surface area contributed by atoms with Crippen LogP contribution in [-0.4, -0.2) is 36.1 Å². The zero-order valence-electron chi connectivity index (χ0n) is 14.1. The number of amides is 1. The lowest BCUT2D eigenvalue weighted by Gasteiger charge is -2.22. The molecule has 1 atom stereocenters. The van der Waals surface area contributed by atoms with Crippen LogP contribution in [0.25, 0.3) is 0 Å². The maximum atomic E-state index is 12.5. The van der Waals surface area contributed by atoms with Crippen molar-refractivity contribution < 1.29 is 23.9 Å². The first kappa shape index (κ1) is 18.7. The average molecular weight is 321 g/mol. The highest BCUT2D eigenvalue weighted by Crippen LogP contribution is 2.10. The number of carbonyl (C=O) groups is 3. The highest BCUT2D eigenvalue weighted by atomic mass is 16.6. The number of esters is 1. The molecule has 0 bridgehead atoms. The summed E-state index contributed by atoms with van der Waals surface area (Å²) in [7, 11) is 0. The third kappa shape index (κ3) is 6.10. The Balaban J connectivity index is 2.96. The Labute approximate surface area is 136 Å². The van der Waals surface area contributed by atoms with Crippen LogP contribution in [0, 0.1) is 6.92 Å². The Morgan fingerprint density at radius 3 is 2.17 bits per heavy atom. The van der Waals surface area contributed by atoms with E-state index >= 15 is 0 Å². The van der Waals surface area contributed by atoms with E-state index in [2.05, 4.69) is 5.32 Å². The highest BCUT2D eigenvalue weighted by molar-refractivity contribution is 6.13. The number of alkyl carbamates (subject to hydrolysis) is 1. The molecule has 0 saturated heterocycles. The summed E-state index contributed by atoms with van der Waals surface area (Å²) in [6.07, 6.45) is -0.851. The summed E-state index contributed by atoms with van der Waals surface area (Å²) in [5, 5.41) is 2.29. The van der Waals surface area contributed by atoms with Gasteiger partial charge in [-0.25, -0.2) is 9.59 Å². The molecule has 6 nitrogen and oxygen atoms in total. The van der Waals surface area contributed by atoms with Gasteiger partial charge in [-0.1, -0.05) is 29.8 Å². The Kier molecular flexibility index (Phi) is 6.30. The lowest BCUT2D eigenvalue weighted by atomic mass is 10.0. The maximum Gasteiger partial charge on any atom is 0.408 e. The molecule has 1 N–H and O–H groups in total. The van der Waals surface area contributed by atoms with Gasteiger partial charge < -0.3 is 14.8 Å². The van der Waals surface area contributed by atoms with Crippen LogP contribution in [0.3, 0.4) is 0 Å². The van der Waals surface area contributed by atoms with Gasteiger partial charge in [0.05, 0.1) is 6.61 Å². The van der Waals surface area contributed by atoms with Gasteiger partial charge in [-0.2, -0.15) is 0 Å². The zero-order chi connectivity index (χ0) is 17.6. The molecule has 0 aliphatic carbocycles. The summed E-state index contributed by atoms with van der Waals surface area (Å²) in [6, 6.07) is 5.26. The van der Waals surface area contributed by atoms with E-state index < -0.39 is 29.5 Å². The Hall–Kier alpha value is -2.37. The molecule has 0 aliphatic rings. The zero-order valence-corrected chi connectivity index (χ0v) is 14.1. The molecule has 1 aromatic carbocycles. The van der Waals surface area contributed by atoms with Crippen molar-refractivity contribution in [3.8, 4) is 0 Å². The molecule has 0 heterocycles. The maximum absolute atomic E-state index is 12.5. The molecule has 0 saturated carbocycles.